The molecule has 0 radical (unpaired) electrons. The van der Waals surface area contributed by atoms with Gasteiger partial charge in [0, 0.05) is 33.5 Å². The second-order valence-corrected chi connectivity index (χ2v) is 14.5. The molecule has 9 aromatic carbocycles. The number of nitriles is 1. The molecule has 272 valence electrons. The van der Waals surface area contributed by atoms with Crippen molar-refractivity contribution in [2.24, 2.45) is 0 Å². The van der Waals surface area contributed by atoms with Crippen LogP contribution in [-0.4, -0.2) is 4.57 Å². The number of aromatic nitrogens is 1. The van der Waals surface area contributed by atoms with Gasteiger partial charge in [0.25, 0.3) is 0 Å². The summed E-state index contributed by atoms with van der Waals surface area (Å²) in [4.78, 5) is 2.31. The molecule has 0 bridgehead atoms. The van der Waals surface area contributed by atoms with Gasteiger partial charge in [-0.15, -0.1) is 0 Å². The highest BCUT2D eigenvalue weighted by atomic mass is 15.1. The Kier molecular flexibility index (Phi) is 8.91. The molecule has 0 amide bonds. The second kappa shape index (κ2) is 15.0. The minimum Gasteiger partial charge on any atom is -0.311 e. The summed E-state index contributed by atoms with van der Waals surface area (Å²) in [6, 6.07) is 81.7. The molecule has 0 saturated carbocycles. The first-order chi connectivity index (χ1) is 28.7. The first-order valence-corrected chi connectivity index (χ1v) is 19.6. The number of hydrogen-bond acceptors (Lipinski definition) is 2. The van der Waals surface area contributed by atoms with Gasteiger partial charge in [0.05, 0.1) is 22.7 Å². The van der Waals surface area contributed by atoms with Crippen molar-refractivity contribution in [2.45, 2.75) is 0 Å². The second-order valence-electron chi connectivity index (χ2n) is 14.5. The first kappa shape index (κ1) is 34.6. The van der Waals surface area contributed by atoms with Gasteiger partial charge >= 0.3 is 0 Å². The van der Waals surface area contributed by atoms with Crippen molar-refractivity contribution in [3.63, 3.8) is 0 Å². The van der Waals surface area contributed by atoms with Crippen molar-refractivity contribution in [1.29, 1.82) is 5.26 Å². The van der Waals surface area contributed by atoms with E-state index in [-0.39, 0.29) is 0 Å². The Bertz CT molecular complexity index is 3030. The third kappa shape index (κ3) is 6.49. The summed E-state index contributed by atoms with van der Waals surface area (Å²) in [5.41, 5.74) is 16.6. The largest absolute Gasteiger partial charge is 0.311 e. The molecule has 0 N–H and O–H groups in total. The lowest BCUT2D eigenvalue weighted by Gasteiger charge is -2.26. The van der Waals surface area contributed by atoms with Crippen LogP contribution in [0.2, 0.25) is 0 Å². The molecule has 0 aliphatic rings. The Morgan fingerprint density at radius 2 is 0.707 bits per heavy atom. The third-order valence-corrected chi connectivity index (χ3v) is 11.0. The topological polar surface area (TPSA) is 32.0 Å². The first-order valence-electron chi connectivity index (χ1n) is 19.6. The van der Waals surface area contributed by atoms with Gasteiger partial charge in [0.2, 0.25) is 0 Å². The summed E-state index contributed by atoms with van der Waals surface area (Å²) in [6.07, 6.45) is 0. The fraction of sp³-hybridized carbons (Fsp3) is 0. The van der Waals surface area contributed by atoms with Crippen LogP contribution < -0.4 is 4.90 Å². The quantitative estimate of drug-likeness (QED) is 0.155. The van der Waals surface area contributed by atoms with Gasteiger partial charge in [-0.2, -0.15) is 5.26 Å². The van der Waals surface area contributed by atoms with Crippen molar-refractivity contribution in [1.82, 2.24) is 4.57 Å². The normalized spacial score (nSPS) is 11.1. The summed E-state index contributed by atoms with van der Waals surface area (Å²) in [5, 5.41) is 11.8. The van der Waals surface area contributed by atoms with Gasteiger partial charge in [-0.1, -0.05) is 146 Å². The van der Waals surface area contributed by atoms with Crippen LogP contribution >= 0.6 is 0 Å². The number of benzene rings is 9. The monoisotopic (exact) mass is 739 g/mol. The van der Waals surface area contributed by atoms with E-state index < -0.39 is 0 Å². The minimum absolute atomic E-state index is 0.656. The fourth-order valence-electron chi connectivity index (χ4n) is 8.13. The standard InChI is InChI=1S/C55H37N3/c56-38-39-20-22-41(23-21-39)42-24-30-48(31-25-42)57(49-32-26-43(27-33-49)46-13-8-12-45(36-46)40-10-2-1-3-11-40)50-34-28-44(29-35-50)47-14-9-15-51(37-47)58-54-18-6-4-16-52(54)53-17-5-7-19-55(53)58/h1-37H. The molecular weight excluding hydrogens is 703 g/mol. The van der Waals surface area contributed by atoms with Crippen molar-refractivity contribution < 1.29 is 0 Å². The fourth-order valence-corrected chi connectivity index (χ4v) is 8.13. The molecule has 0 aliphatic heterocycles. The van der Waals surface area contributed by atoms with E-state index in [4.69, 9.17) is 0 Å². The van der Waals surface area contributed by atoms with Crippen LogP contribution in [0.25, 0.3) is 72.0 Å². The summed E-state index contributed by atoms with van der Waals surface area (Å²) in [7, 11) is 0. The van der Waals surface area contributed by atoms with Crippen LogP contribution in [0.15, 0.2) is 224 Å². The molecule has 10 rings (SSSR count). The smallest absolute Gasteiger partial charge is 0.0991 e. The van der Waals surface area contributed by atoms with E-state index in [2.05, 4.69) is 216 Å². The van der Waals surface area contributed by atoms with Crippen LogP contribution in [-0.2, 0) is 0 Å². The van der Waals surface area contributed by atoms with E-state index >= 15 is 0 Å². The molecule has 1 heterocycles. The lowest BCUT2D eigenvalue weighted by molar-refractivity contribution is 1.18. The van der Waals surface area contributed by atoms with Crippen LogP contribution in [0.4, 0.5) is 17.1 Å². The highest BCUT2D eigenvalue weighted by Gasteiger charge is 2.16. The Balaban J connectivity index is 1.01. The summed E-state index contributed by atoms with van der Waals surface area (Å²) in [6.45, 7) is 0. The molecule has 3 heteroatoms. The molecule has 10 aromatic rings. The van der Waals surface area contributed by atoms with Crippen molar-refractivity contribution >= 4 is 38.9 Å². The summed E-state index contributed by atoms with van der Waals surface area (Å²) in [5.74, 6) is 0. The van der Waals surface area contributed by atoms with Crippen molar-refractivity contribution in [2.75, 3.05) is 4.90 Å². The van der Waals surface area contributed by atoms with E-state index in [9.17, 15) is 5.26 Å². The lowest BCUT2D eigenvalue weighted by atomic mass is 9.98. The summed E-state index contributed by atoms with van der Waals surface area (Å²) < 4.78 is 2.37. The predicted molar refractivity (Wildman–Crippen MR) is 242 cm³/mol. The van der Waals surface area contributed by atoms with Crippen LogP contribution in [0.3, 0.4) is 0 Å². The molecule has 0 spiro atoms. The van der Waals surface area contributed by atoms with Gasteiger partial charge in [0.1, 0.15) is 0 Å². The number of rotatable bonds is 8. The highest BCUT2D eigenvalue weighted by molar-refractivity contribution is 6.09. The van der Waals surface area contributed by atoms with Crippen LogP contribution in [0.5, 0.6) is 0 Å². The van der Waals surface area contributed by atoms with Crippen LogP contribution in [0, 0.1) is 11.3 Å². The Labute approximate surface area is 338 Å². The highest BCUT2D eigenvalue weighted by Crippen LogP contribution is 2.39. The van der Waals surface area contributed by atoms with Crippen molar-refractivity contribution in [3.05, 3.63) is 230 Å². The van der Waals surface area contributed by atoms with E-state index in [0.717, 1.165) is 50.6 Å². The van der Waals surface area contributed by atoms with E-state index in [0.29, 0.717) is 5.56 Å². The molecule has 0 fully saturated rings. The van der Waals surface area contributed by atoms with Gasteiger partial charge in [-0.25, -0.2) is 0 Å². The van der Waals surface area contributed by atoms with Gasteiger partial charge in [-0.3, -0.25) is 0 Å². The Hall–Kier alpha value is -7.93. The number of para-hydroxylation sites is 2. The average Bonchev–Trinajstić information content (AvgIpc) is 3.65. The Morgan fingerprint density at radius 1 is 0.328 bits per heavy atom. The molecular formula is C55H37N3. The third-order valence-electron chi connectivity index (χ3n) is 11.0. The average molecular weight is 740 g/mol. The number of anilines is 3. The van der Waals surface area contributed by atoms with E-state index in [1.165, 1.54) is 38.5 Å². The lowest BCUT2D eigenvalue weighted by Crippen LogP contribution is -2.09. The molecule has 0 saturated heterocycles. The molecule has 58 heavy (non-hydrogen) atoms. The minimum atomic E-state index is 0.656. The number of hydrogen-bond donors (Lipinski definition) is 0. The molecule has 0 unspecified atom stereocenters. The molecule has 3 nitrogen and oxygen atoms in total. The maximum Gasteiger partial charge on any atom is 0.0991 e. The SMILES string of the molecule is N#Cc1ccc(-c2ccc(N(c3ccc(-c4cccc(-c5ccccc5)c4)cc3)c3ccc(-c4cccc(-n5c6ccccc6c6ccccc65)c4)cc3)cc2)cc1. The molecule has 0 aliphatic carbocycles. The van der Waals surface area contributed by atoms with Gasteiger partial charge < -0.3 is 9.47 Å². The van der Waals surface area contributed by atoms with Crippen LogP contribution in [0.1, 0.15) is 5.56 Å². The van der Waals surface area contributed by atoms with Gasteiger partial charge in [0.15, 0.2) is 0 Å². The maximum absolute atomic E-state index is 9.30. The molecule has 0 atom stereocenters. The zero-order chi connectivity index (χ0) is 38.8. The summed E-state index contributed by atoms with van der Waals surface area (Å²) >= 11 is 0. The number of nitrogens with zero attached hydrogens (tertiary/aromatic N) is 3. The van der Waals surface area contributed by atoms with E-state index in [1.54, 1.807) is 0 Å². The Morgan fingerprint density at radius 3 is 1.21 bits per heavy atom. The number of fused-ring (bicyclic) bond motifs is 3. The zero-order valence-corrected chi connectivity index (χ0v) is 31.7. The molecule has 1 aromatic heterocycles. The maximum atomic E-state index is 9.30. The van der Waals surface area contributed by atoms with Crippen molar-refractivity contribution in [3.8, 4) is 56.3 Å². The predicted octanol–water partition coefficient (Wildman–Crippen LogP) is 14.8. The van der Waals surface area contributed by atoms with Gasteiger partial charge in [-0.05, 0) is 123 Å². The van der Waals surface area contributed by atoms with E-state index in [1.807, 2.05) is 24.3 Å². The zero-order valence-electron chi connectivity index (χ0n) is 31.7.